The van der Waals surface area contributed by atoms with Crippen molar-refractivity contribution in [3.8, 4) is 11.5 Å². The van der Waals surface area contributed by atoms with E-state index < -0.39 is 5.91 Å². The highest BCUT2D eigenvalue weighted by atomic mass is 16.4. The molecule has 0 aromatic carbocycles. The maximum absolute atomic E-state index is 12.1. The average molecular weight is 438 g/mol. The van der Waals surface area contributed by atoms with Crippen LogP contribution in [0.25, 0.3) is 11.5 Å². The Bertz CT molecular complexity index is 1030. The van der Waals surface area contributed by atoms with Crippen LogP contribution in [0.3, 0.4) is 0 Å². The van der Waals surface area contributed by atoms with E-state index in [1.807, 2.05) is 0 Å². The molecule has 3 rings (SSSR count). The van der Waals surface area contributed by atoms with Gasteiger partial charge in [-0.2, -0.15) is 0 Å². The van der Waals surface area contributed by atoms with Crippen molar-refractivity contribution in [2.75, 3.05) is 13.6 Å². The molecule has 9 heteroatoms. The molecule has 3 amide bonds. The summed E-state index contributed by atoms with van der Waals surface area (Å²) in [6, 6.07) is 11.8. The number of carbonyl (C=O) groups is 3. The minimum atomic E-state index is -0.501. The third kappa shape index (κ3) is 7.35. The van der Waals surface area contributed by atoms with E-state index in [9.17, 15) is 14.4 Å². The van der Waals surface area contributed by atoms with Crippen LogP contribution in [0.1, 0.15) is 46.9 Å². The zero-order valence-electron chi connectivity index (χ0n) is 18.3. The molecule has 3 aromatic heterocycles. The molecule has 0 fully saturated rings. The monoisotopic (exact) mass is 437 g/mol. The fourth-order valence-corrected chi connectivity index (χ4v) is 2.42. The van der Waals surface area contributed by atoms with E-state index in [2.05, 4.69) is 39.8 Å². The number of furan rings is 1. The number of rotatable bonds is 7. The Hall–Kier alpha value is -4.01. The number of aromatic nitrogens is 2. The van der Waals surface area contributed by atoms with Crippen LogP contribution in [-0.4, -0.2) is 41.3 Å². The number of pyridine rings is 2. The Kier molecular flexibility index (Phi) is 9.58. The second kappa shape index (κ2) is 12.6. The van der Waals surface area contributed by atoms with Gasteiger partial charge in [0.25, 0.3) is 11.8 Å². The van der Waals surface area contributed by atoms with Crippen molar-refractivity contribution in [3.63, 3.8) is 0 Å². The van der Waals surface area contributed by atoms with Crippen molar-refractivity contribution in [2.24, 2.45) is 0 Å². The maximum Gasteiger partial charge on any atom is 0.287 e. The van der Waals surface area contributed by atoms with Gasteiger partial charge in [0.2, 0.25) is 5.91 Å². The highest BCUT2D eigenvalue weighted by Crippen LogP contribution is 2.21. The van der Waals surface area contributed by atoms with E-state index in [0.29, 0.717) is 17.1 Å². The first-order chi connectivity index (χ1) is 15.5. The number of hydrogen-bond donors (Lipinski definition) is 3. The Morgan fingerprint density at radius 1 is 0.938 bits per heavy atom. The Morgan fingerprint density at radius 2 is 1.72 bits per heavy atom. The lowest BCUT2D eigenvalue weighted by Crippen LogP contribution is -2.34. The molecule has 3 aromatic rings. The van der Waals surface area contributed by atoms with Crippen LogP contribution in [0, 0.1) is 0 Å². The molecule has 0 radical (unpaired) electrons. The zero-order valence-corrected chi connectivity index (χ0v) is 18.3. The molecule has 0 aliphatic rings. The number of carbonyl (C=O) groups excluding carboxylic acids is 3. The summed E-state index contributed by atoms with van der Waals surface area (Å²) >= 11 is 0. The first-order valence-corrected chi connectivity index (χ1v) is 10.2. The molecule has 32 heavy (non-hydrogen) atoms. The summed E-state index contributed by atoms with van der Waals surface area (Å²) in [5.41, 5.74) is 1.65. The average Bonchev–Trinajstić information content (AvgIpc) is 3.32. The Balaban J connectivity index is 0.00000114. The summed E-state index contributed by atoms with van der Waals surface area (Å²) < 4.78 is 5.54. The van der Waals surface area contributed by atoms with Crippen LogP contribution >= 0.6 is 0 Å². The molecule has 0 saturated heterocycles. The van der Waals surface area contributed by atoms with Crippen LogP contribution < -0.4 is 16.0 Å². The first-order valence-electron chi connectivity index (χ1n) is 10.2. The van der Waals surface area contributed by atoms with E-state index in [-0.39, 0.29) is 30.7 Å². The molecule has 0 spiro atoms. The van der Waals surface area contributed by atoms with E-state index in [1.54, 1.807) is 48.8 Å². The molecule has 0 atom stereocenters. The molecule has 3 heterocycles. The van der Waals surface area contributed by atoms with E-state index in [0.717, 1.165) is 5.56 Å². The molecular weight excluding hydrogens is 410 g/mol. The third-order valence-corrected chi connectivity index (χ3v) is 3.95. The van der Waals surface area contributed by atoms with Gasteiger partial charge < -0.3 is 20.4 Å². The van der Waals surface area contributed by atoms with Crippen LogP contribution in [0.4, 0.5) is 0 Å². The van der Waals surface area contributed by atoms with Gasteiger partial charge in [0.05, 0.1) is 6.54 Å². The summed E-state index contributed by atoms with van der Waals surface area (Å²) in [5, 5.41) is 7.66. The summed E-state index contributed by atoms with van der Waals surface area (Å²) in [5.74, 6) is -0.629. The van der Waals surface area contributed by atoms with Gasteiger partial charge in [-0.25, -0.2) is 0 Å². The van der Waals surface area contributed by atoms with Gasteiger partial charge in [-0.1, -0.05) is 26.3 Å². The van der Waals surface area contributed by atoms with Crippen molar-refractivity contribution < 1.29 is 18.8 Å². The summed E-state index contributed by atoms with van der Waals surface area (Å²) in [6.45, 7) is 4.39. The van der Waals surface area contributed by atoms with Gasteiger partial charge in [-0.15, -0.1) is 0 Å². The number of likely N-dealkylation sites (N-methyl/N-ethyl adjacent to an activating group) is 1. The number of hydrogen-bond acceptors (Lipinski definition) is 6. The fraction of sp³-hybridized carbons (Fsp3) is 0.261. The second-order valence-corrected chi connectivity index (χ2v) is 6.67. The van der Waals surface area contributed by atoms with E-state index >= 15 is 0 Å². The quantitative estimate of drug-likeness (QED) is 0.521. The maximum atomic E-state index is 12.1. The smallest absolute Gasteiger partial charge is 0.287 e. The fourth-order valence-electron chi connectivity index (χ4n) is 2.42. The number of amides is 3. The van der Waals surface area contributed by atoms with Crippen molar-refractivity contribution in [2.45, 2.75) is 26.8 Å². The molecule has 0 aliphatic heterocycles. The zero-order chi connectivity index (χ0) is 23.3. The Labute approximate surface area is 186 Å². The summed E-state index contributed by atoms with van der Waals surface area (Å²) in [6.07, 6.45) is 4.39. The normalized spacial score (nSPS) is 9.84. The summed E-state index contributed by atoms with van der Waals surface area (Å²) in [4.78, 5) is 43.6. The Morgan fingerprint density at radius 3 is 2.41 bits per heavy atom. The second-order valence-electron chi connectivity index (χ2n) is 6.67. The molecule has 168 valence electrons. The summed E-state index contributed by atoms with van der Waals surface area (Å²) in [7, 11) is 1.48. The van der Waals surface area contributed by atoms with Crippen LogP contribution in [0.2, 0.25) is 0 Å². The van der Waals surface area contributed by atoms with E-state index in [4.69, 9.17) is 4.42 Å². The van der Waals surface area contributed by atoms with Crippen LogP contribution in [-0.2, 0) is 11.3 Å². The van der Waals surface area contributed by atoms with Crippen molar-refractivity contribution >= 4 is 17.7 Å². The lowest BCUT2D eigenvalue weighted by atomic mass is 10.2. The highest BCUT2D eigenvalue weighted by molar-refractivity contribution is 5.94. The SMILES string of the molecule is CCC.CNC(=O)CNC(=O)c1ccc(-c2cc(CNC(=O)c3ccccn3)ccn2)o1. The minimum Gasteiger partial charge on any atom is -0.449 e. The van der Waals surface area contributed by atoms with Gasteiger partial charge in [0.15, 0.2) is 11.5 Å². The lowest BCUT2D eigenvalue weighted by molar-refractivity contribution is -0.119. The topological polar surface area (TPSA) is 126 Å². The molecular formula is C23H27N5O4. The van der Waals surface area contributed by atoms with Gasteiger partial charge in [-0.05, 0) is 42.0 Å². The lowest BCUT2D eigenvalue weighted by Gasteiger charge is -2.06. The predicted molar refractivity (Wildman–Crippen MR) is 120 cm³/mol. The number of nitrogens with zero attached hydrogens (tertiary/aromatic N) is 2. The first kappa shape index (κ1) is 24.3. The van der Waals surface area contributed by atoms with Crippen molar-refractivity contribution in [1.29, 1.82) is 0 Å². The molecule has 0 aliphatic carbocycles. The molecule has 0 bridgehead atoms. The van der Waals surface area contributed by atoms with Crippen molar-refractivity contribution in [1.82, 2.24) is 25.9 Å². The number of nitrogens with one attached hydrogen (secondary N) is 3. The molecule has 0 saturated carbocycles. The van der Waals surface area contributed by atoms with Gasteiger partial charge in [0, 0.05) is 26.0 Å². The van der Waals surface area contributed by atoms with Gasteiger partial charge in [-0.3, -0.25) is 24.4 Å². The van der Waals surface area contributed by atoms with E-state index in [1.165, 1.54) is 19.5 Å². The third-order valence-electron chi connectivity index (χ3n) is 3.95. The highest BCUT2D eigenvalue weighted by Gasteiger charge is 2.14. The van der Waals surface area contributed by atoms with Crippen LogP contribution in [0.15, 0.2) is 59.3 Å². The standard InChI is InChI=1S/C20H19N5O4.C3H8/c1-21-18(26)12-25-20(28)17-6-5-16(29-17)15-10-13(7-9-23-15)11-24-19(27)14-4-2-3-8-22-14;1-3-2/h2-10H,11-12H2,1H3,(H,21,26)(H,24,27)(H,25,28);3H2,1-2H3. The van der Waals surface area contributed by atoms with Crippen molar-refractivity contribution in [3.05, 3.63) is 71.9 Å². The van der Waals surface area contributed by atoms with Gasteiger partial charge >= 0.3 is 0 Å². The minimum absolute atomic E-state index is 0.0690. The van der Waals surface area contributed by atoms with Gasteiger partial charge in [0.1, 0.15) is 11.4 Å². The molecule has 9 nitrogen and oxygen atoms in total. The largest absolute Gasteiger partial charge is 0.449 e. The molecule has 3 N–H and O–H groups in total. The predicted octanol–water partition coefficient (Wildman–Crippen LogP) is 2.56. The van der Waals surface area contributed by atoms with Crippen LogP contribution in [0.5, 0.6) is 0 Å². The molecule has 0 unspecified atom stereocenters.